The number of phosphoric ester groups is 5. The molecule has 0 N–H and O–H groups in total. The molecule has 1 aromatic rings. The maximum atomic E-state index is 11.9. The third-order valence-electron chi connectivity index (χ3n) is 22.9. The molecule has 8 saturated carbocycles. The van der Waals surface area contributed by atoms with Crippen molar-refractivity contribution in [3.05, 3.63) is 35.9 Å². The SMILES string of the molecule is CC(C)C(C(C)C)C12COP(=O)(OC1)OC2.O=P12OCC(C34CC5CC(CC(C5)C3)C4)(CO1)CO2.O=P12OCC(C34CCC(CC3)CC4)(CO1)CO2.O=P12OCC(C3CCCCC3)(CO1)CO2.O=P12OCC(c3ccccc3)(CO1)CO2. The minimum absolute atomic E-state index is 0.00736. The fraction of sp³-hybridized carbons (Fsp3) is 0.895. The molecule has 23 fully saturated rings. The highest BCUT2D eigenvalue weighted by Crippen LogP contribution is 2.73. The van der Waals surface area contributed by atoms with Gasteiger partial charge in [0.05, 0.1) is 105 Å². The highest BCUT2D eigenvalue weighted by molar-refractivity contribution is 7.49. The Balaban J connectivity index is 0.0000000965. The zero-order valence-electron chi connectivity index (χ0n) is 48.5. The van der Waals surface area contributed by atoms with Crippen molar-refractivity contribution in [1.29, 1.82) is 0 Å². The Morgan fingerprint density at radius 1 is 0.378 bits per heavy atom. The summed E-state index contributed by atoms with van der Waals surface area (Å²) in [5, 5.41) is 0. The lowest BCUT2D eigenvalue weighted by atomic mass is 9.43. The van der Waals surface area contributed by atoms with Gasteiger partial charge in [0.15, 0.2) is 0 Å². The van der Waals surface area contributed by atoms with Gasteiger partial charge in [-0.2, -0.15) is 0 Å². The maximum Gasteiger partial charge on any atom is 0.474 e. The Bertz CT molecular complexity index is 2510. The smallest absolute Gasteiger partial charge is 0.286 e. The second kappa shape index (κ2) is 22.6. The molecule has 15 heterocycles. The van der Waals surface area contributed by atoms with Crippen LogP contribution in [0.15, 0.2) is 30.3 Å². The van der Waals surface area contributed by atoms with Crippen molar-refractivity contribution in [2.45, 2.75) is 142 Å². The summed E-state index contributed by atoms with van der Waals surface area (Å²) in [6, 6.07) is 9.91. The summed E-state index contributed by atoms with van der Waals surface area (Å²) >= 11 is 0. The normalized spacial score (nSPS) is 49.7. The van der Waals surface area contributed by atoms with Crippen molar-refractivity contribution in [3.8, 4) is 0 Å². The summed E-state index contributed by atoms with van der Waals surface area (Å²) in [7, 11) is -15.8. The second-order valence-electron chi connectivity index (χ2n) is 28.6. The summed E-state index contributed by atoms with van der Waals surface area (Å²) in [5.74, 6) is 5.85. The topological polar surface area (TPSA) is 224 Å². The van der Waals surface area contributed by atoms with Crippen LogP contribution >= 0.6 is 39.1 Å². The summed E-state index contributed by atoms with van der Waals surface area (Å²) in [6.07, 6.45) is 22.6. The summed E-state index contributed by atoms with van der Waals surface area (Å²) in [6.45, 7) is 16.8. The minimum atomic E-state index is -3.19. The van der Waals surface area contributed by atoms with E-state index in [9.17, 15) is 22.8 Å². The zero-order valence-corrected chi connectivity index (χ0v) is 53.0. The Kier molecular flexibility index (Phi) is 16.7. The fourth-order valence-electron chi connectivity index (χ4n) is 18.6. The molecule has 0 amide bonds. The number of phosphoric acid groups is 5. The Hall–Kier alpha value is -0.230. The molecule has 15 saturated heterocycles. The Labute approximate surface area is 484 Å². The van der Waals surface area contributed by atoms with E-state index in [-0.39, 0.29) is 27.1 Å². The molecule has 20 nitrogen and oxygen atoms in total. The molecule has 0 spiro atoms. The van der Waals surface area contributed by atoms with Crippen LogP contribution in [0.5, 0.6) is 0 Å². The van der Waals surface area contributed by atoms with E-state index in [4.69, 9.17) is 67.9 Å². The monoisotopic (exact) mass is 1250 g/mol. The van der Waals surface area contributed by atoms with Crippen LogP contribution in [0.2, 0.25) is 0 Å². The van der Waals surface area contributed by atoms with Crippen molar-refractivity contribution in [2.75, 3.05) is 99.1 Å². The fourth-order valence-corrected chi connectivity index (χ4v) is 25.8. The summed E-state index contributed by atoms with van der Waals surface area (Å²) < 4.78 is 138. The lowest BCUT2D eigenvalue weighted by Crippen LogP contribution is -2.62. The molecule has 0 aromatic heterocycles. The predicted molar refractivity (Wildman–Crippen MR) is 299 cm³/mol. The molecule has 23 aliphatic rings. The molecular weight excluding hydrogens is 1160 g/mol. The summed E-state index contributed by atoms with van der Waals surface area (Å²) in [4.78, 5) is 0. The van der Waals surface area contributed by atoms with Crippen molar-refractivity contribution >= 4 is 39.1 Å². The molecule has 462 valence electrons. The van der Waals surface area contributed by atoms with Gasteiger partial charge in [0.1, 0.15) is 0 Å². The van der Waals surface area contributed by atoms with E-state index in [1.807, 2.05) is 30.3 Å². The molecule has 24 rings (SSSR count). The van der Waals surface area contributed by atoms with Crippen molar-refractivity contribution in [3.63, 3.8) is 0 Å². The molecule has 0 atom stereocenters. The van der Waals surface area contributed by atoms with Crippen LogP contribution in [0, 0.1) is 79.8 Å². The maximum absolute atomic E-state index is 11.9. The Morgan fingerprint density at radius 2 is 0.720 bits per heavy atom. The molecule has 82 heavy (non-hydrogen) atoms. The highest BCUT2D eigenvalue weighted by Gasteiger charge is 2.67. The van der Waals surface area contributed by atoms with Crippen LogP contribution in [-0.4, -0.2) is 99.1 Å². The predicted octanol–water partition coefficient (Wildman–Crippen LogP) is 14.4. The van der Waals surface area contributed by atoms with Crippen molar-refractivity contribution in [2.24, 2.45) is 79.8 Å². The van der Waals surface area contributed by atoms with Gasteiger partial charge >= 0.3 is 39.1 Å². The van der Waals surface area contributed by atoms with E-state index in [0.717, 1.165) is 29.2 Å². The molecule has 16 bridgehead atoms. The first-order chi connectivity index (χ1) is 39.1. The van der Waals surface area contributed by atoms with Gasteiger partial charge in [-0.3, -0.25) is 67.9 Å². The quantitative estimate of drug-likeness (QED) is 0.231. The van der Waals surface area contributed by atoms with E-state index in [1.54, 1.807) is 0 Å². The lowest BCUT2D eigenvalue weighted by Gasteiger charge is -2.65. The molecule has 8 aliphatic carbocycles. The van der Waals surface area contributed by atoms with E-state index in [0.29, 0.717) is 134 Å². The van der Waals surface area contributed by atoms with Crippen molar-refractivity contribution in [1.82, 2.24) is 0 Å². The molecule has 25 heteroatoms. The van der Waals surface area contributed by atoms with Gasteiger partial charge in [-0.05, 0) is 154 Å². The van der Waals surface area contributed by atoms with E-state index in [1.165, 1.54) is 109 Å². The third-order valence-corrected chi connectivity index (χ3v) is 29.6. The zero-order chi connectivity index (χ0) is 57.0. The van der Waals surface area contributed by atoms with E-state index >= 15 is 0 Å². The standard InChI is InChI=1S/C14H21O4P.C12H19O4P.C11H21O4P.C10H17O4P.C10H11O4P/c15-19-16-7-14(8-17-19,9-18-19)13-4-10-1-11(5-13)3-12(2-10)6-13;13-17-14-7-12(8-15-17,9-16-17)11-4-1-10(2-5-11)3-6-11;1-8(2)10(9(3)4)11-5-13-16(12,14-6-11)15-7-11;2*11-15-12-6-10(7-13-15,8-14-15)9-4-2-1-3-5-9/h10-12H,1-9H2;10H,1-9H2;8-10H,5-7H2,1-4H3;9H,1-8H2;1-5H,6-8H2. The molecule has 1 aromatic carbocycles. The van der Waals surface area contributed by atoms with Gasteiger partial charge in [-0.1, -0.05) is 77.3 Å². The van der Waals surface area contributed by atoms with Crippen LogP contribution in [0.1, 0.15) is 142 Å². The number of fused-ring (bicyclic) bond motifs is 18. The van der Waals surface area contributed by atoms with Gasteiger partial charge in [-0.25, -0.2) is 22.8 Å². The van der Waals surface area contributed by atoms with Gasteiger partial charge < -0.3 is 0 Å². The number of rotatable bonds is 7. The third kappa shape index (κ3) is 11.2. The van der Waals surface area contributed by atoms with Crippen molar-refractivity contribution < 1.29 is 90.7 Å². The van der Waals surface area contributed by atoms with E-state index in [2.05, 4.69) is 27.7 Å². The molecule has 15 aliphatic heterocycles. The first-order valence-electron chi connectivity index (χ1n) is 30.8. The summed E-state index contributed by atoms with van der Waals surface area (Å²) in [5.41, 5.74) is 1.32. The first-order valence-corrected chi connectivity index (χ1v) is 38.1. The van der Waals surface area contributed by atoms with Gasteiger partial charge in [0, 0.05) is 21.7 Å². The van der Waals surface area contributed by atoms with Gasteiger partial charge in [0.2, 0.25) is 0 Å². The van der Waals surface area contributed by atoms with Gasteiger partial charge in [0.25, 0.3) is 0 Å². The molecule has 0 unspecified atom stereocenters. The lowest BCUT2D eigenvalue weighted by molar-refractivity contribution is -0.212. The second-order valence-corrected chi connectivity index (χ2v) is 36.9. The van der Waals surface area contributed by atoms with Crippen LogP contribution in [0.4, 0.5) is 0 Å². The average molecular weight is 1250 g/mol. The first kappa shape index (κ1) is 60.7. The Morgan fingerprint density at radius 3 is 1.10 bits per heavy atom. The van der Waals surface area contributed by atoms with Crippen LogP contribution in [0.3, 0.4) is 0 Å². The van der Waals surface area contributed by atoms with Gasteiger partial charge in [-0.15, -0.1) is 0 Å². The highest BCUT2D eigenvalue weighted by atomic mass is 31.2. The van der Waals surface area contributed by atoms with Crippen LogP contribution < -0.4 is 0 Å². The van der Waals surface area contributed by atoms with E-state index < -0.39 is 39.1 Å². The molecule has 0 radical (unpaired) electrons. The molecular formula is C57H89O20P5. The minimum Gasteiger partial charge on any atom is -0.286 e. The van der Waals surface area contributed by atoms with Crippen LogP contribution in [0.25, 0.3) is 0 Å². The number of hydrogen-bond donors (Lipinski definition) is 0. The van der Waals surface area contributed by atoms with Crippen LogP contribution in [-0.2, 0) is 96.1 Å². The number of benzene rings is 1. The largest absolute Gasteiger partial charge is 0.474 e. The average Bonchev–Trinajstić information content (AvgIpc) is 1.51. The number of hydrogen-bond acceptors (Lipinski definition) is 20.